The molecule has 80 valence electrons. The Morgan fingerprint density at radius 3 is 3.07 bits per heavy atom. The normalized spacial score (nSPS) is 10.7. The van der Waals surface area contributed by atoms with Gasteiger partial charge in [-0.1, -0.05) is 6.92 Å². The third-order valence-electron chi connectivity index (χ3n) is 2.04. The van der Waals surface area contributed by atoms with Crippen molar-refractivity contribution in [2.45, 2.75) is 26.3 Å². The molecule has 2 N–H and O–H groups in total. The Hall–Kier alpha value is -1.36. The molecule has 0 spiro atoms. The third-order valence-corrected chi connectivity index (χ3v) is 3.00. The van der Waals surface area contributed by atoms with Crippen molar-refractivity contribution in [1.29, 1.82) is 0 Å². The fraction of sp³-hybridized carbons (Fsp3) is 0.400. The van der Waals surface area contributed by atoms with Crippen LogP contribution >= 0.6 is 11.3 Å². The third kappa shape index (κ3) is 2.56. The topological polar surface area (TPSA) is 56.7 Å². The Morgan fingerprint density at radius 2 is 2.40 bits per heavy atom. The zero-order valence-corrected chi connectivity index (χ0v) is 9.50. The molecule has 0 aromatic carbocycles. The Labute approximate surface area is 92.8 Å². The van der Waals surface area contributed by atoms with Gasteiger partial charge in [0.15, 0.2) is 0 Å². The van der Waals surface area contributed by atoms with E-state index < -0.39 is 0 Å². The molecule has 0 saturated heterocycles. The highest BCUT2D eigenvalue weighted by atomic mass is 32.1. The van der Waals surface area contributed by atoms with E-state index in [0.29, 0.717) is 12.2 Å². The SMILES string of the molecule is CCCc1nc(Cn2cc(N)cn2)cs1. The van der Waals surface area contributed by atoms with Crippen LogP contribution < -0.4 is 5.73 Å². The summed E-state index contributed by atoms with van der Waals surface area (Å²) in [5.41, 5.74) is 7.34. The summed E-state index contributed by atoms with van der Waals surface area (Å²) >= 11 is 1.72. The van der Waals surface area contributed by atoms with Crippen molar-refractivity contribution in [2.24, 2.45) is 0 Å². The van der Waals surface area contributed by atoms with Crippen LogP contribution in [0.4, 0.5) is 5.69 Å². The molecule has 0 bridgehead atoms. The summed E-state index contributed by atoms with van der Waals surface area (Å²) in [5, 5.41) is 7.41. The molecule has 0 unspecified atom stereocenters. The second-order valence-electron chi connectivity index (χ2n) is 3.45. The first-order chi connectivity index (χ1) is 7.28. The Balaban J connectivity index is 2.04. The molecule has 5 heteroatoms. The lowest BCUT2D eigenvalue weighted by Gasteiger charge is -1.96. The van der Waals surface area contributed by atoms with Crippen molar-refractivity contribution in [2.75, 3.05) is 5.73 Å². The molecule has 0 aliphatic carbocycles. The van der Waals surface area contributed by atoms with E-state index in [1.807, 2.05) is 6.20 Å². The van der Waals surface area contributed by atoms with Crippen molar-refractivity contribution < 1.29 is 0 Å². The van der Waals surface area contributed by atoms with Crippen LogP contribution in [0.25, 0.3) is 0 Å². The van der Waals surface area contributed by atoms with Crippen molar-refractivity contribution in [3.8, 4) is 0 Å². The van der Waals surface area contributed by atoms with Crippen molar-refractivity contribution in [1.82, 2.24) is 14.8 Å². The molecular formula is C10H14N4S. The average Bonchev–Trinajstić information content (AvgIpc) is 2.78. The van der Waals surface area contributed by atoms with E-state index >= 15 is 0 Å². The van der Waals surface area contributed by atoms with Gasteiger partial charge in [0.05, 0.1) is 29.1 Å². The van der Waals surface area contributed by atoms with Gasteiger partial charge in [-0.15, -0.1) is 11.3 Å². The van der Waals surface area contributed by atoms with Gasteiger partial charge in [-0.05, 0) is 12.8 Å². The highest BCUT2D eigenvalue weighted by molar-refractivity contribution is 7.09. The van der Waals surface area contributed by atoms with E-state index in [2.05, 4.69) is 22.4 Å². The van der Waals surface area contributed by atoms with Crippen LogP contribution in [0.5, 0.6) is 0 Å². The first-order valence-corrected chi connectivity index (χ1v) is 5.87. The number of anilines is 1. The van der Waals surface area contributed by atoms with Crippen LogP contribution in [0, 0.1) is 0 Å². The molecule has 0 aliphatic rings. The van der Waals surface area contributed by atoms with Gasteiger partial charge in [0.25, 0.3) is 0 Å². The van der Waals surface area contributed by atoms with Gasteiger partial charge >= 0.3 is 0 Å². The summed E-state index contributed by atoms with van der Waals surface area (Å²) in [6.07, 6.45) is 5.67. The minimum Gasteiger partial charge on any atom is -0.396 e. The summed E-state index contributed by atoms with van der Waals surface area (Å²) in [7, 11) is 0. The summed E-state index contributed by atoms with van der Waals surface area (Å²) < 4.78 is 1.81. The van der Waals surface area contributed by atoms with E-state index in [-0.39, 0.29) is 0 Å². The Kier molecular flexibility index (Phi) is 3.01. The maximum absolute atomic E-state index is 5.58. The summed E-state index contributed by atoms with van der Waals surface area (Å²) in [5.74, 6) is 0. The van der Waals surface area contributed by atoms with Crippen LogP contribution in [0.1, 0.15) is 24.0 Å². The van der Waals surface area contributed by atoms with E-state index in [1.54, 1.807) is 22.2 Å². The predicted octanol–water partition coefficient (Wildman–Crippen LogP) is 1.92. The van der Waals surface area contributed by atoms with Crippen LogP contribution in [-0.2, 0) is 13.0 Å². The maximum atomic E-state index is 5.58. The molecule has 0 amide bonds. The first-order valence-electron chi connectivity index (χ1n) is 4.99. The molecule has 2 aromatic heterocycles. The lowest BCUT2D eigenvalue weighted by Crippen LogP contribution is -2.00. The molecule has 0 saturated carbocycles. The van der Waals surface area contributed by atoms with Gasteiger partial charge in [0.2, 0.25) is 0 Å². The first kappa shape index (κ1) is 10.2. The van der Waals surface area contributed by atoms with E-state index in [0.717, 1.165) is 18.5 Å². The highest BCUT2D eigenvalue weighted by Gasteiger charge is 2.02. The average molecular weight is 222 g/mol. The smallest absolute Gasteiger partial charge is 0.0928 e. The number of aryl methyl sites for hydroxylation is 1. The number of hydrogen-bond acceptors (Lipinski definition) is 4. The van der Waals surface area contributed by atoms with Gasteiger partial charge < -0.3 is 5.73 Å². The van der Waals surface area contributed by atoms with Crippen molar-refractivity contribution in [3.63, 3.8) is 0 Å². The molecule has 15 heavy (non-hydrogen) atoms. The van der Waals surface area contributed by atoms with Crippen molar-refractivity contribution in [3.05, 3.63) is 28.5 Å². The zero-order chi connectivity index (χ0) is 10.7. The molecule has 0 aliphatic heterocycles. The number of nitrogen functional groups attached to an aromatic ring is 1. The molecule has 2 rings (SSSR count). The summed E-state index contributed by atoms with van der Waals surface area (Å²) in [6.45, 7) is 2.87. The largest absolute Gasteiger partial charge is 0.396 e. The Morgan fingerprint density at radius 1 is 1.53 bits per heavy atom. The van der Waals surface area contributed by atoms with Crippen LogP contribution in [0.15, 0.2) is 17.8 Å². The second kappa shape index (κ2) is 4.44. The van der Waals surface area contributed by atoms with Gasteiger partial charge in [0, 0.05) is 11.6 Å². The number of aromatic nitrogens is 3. The molecular weight excluding hydrogens is 208 g/mol. The van der Waals surface area contributed by atoms with Crippen molar-refractivity contribution >= 4 is 17.0 Å². The number of thiazole rings is 1. The number of hydrogen-bond donors (Lipinski definition) is 1. The predicted molar refractivity (Wildman–Crippen MR) is 61.9 cm³/mol. The zero-order valence-electron chi connectivity index (χ0n) is 8.68. The molecule has 0 fully saturated rings. The second-order valence-corrected chi connectivity index (χ2v) is 4.40. The van der Waals surface area contributed by atoms with Crippen LogP contribution in [0.2, 0.25) is 0 Å². The number of nitrogens with two attached hydrogens (primary N) is 1. The minimum atomic E-state index is 0.694. The van der Waals surface area contributed by atoms with E-state index in [4.69, 9.17) is 5.73 Å². The fourth-order valence-corrected chi connectivity index (χ4v) is 2.27. The van der Waals surface area contributed by atoms with E-state index in [9.17, 15) is 0 Å². The Bertz CT molecular complexity index is 432. The quantitative estimate of drug-likeness (QED) is 0.859. The number of rotatable bonds is 4. The summed E-state index contributed by atoms with van der Waals surface area (Å²) in [6, 6.07) is 0. The highest BCUT2D eigenvalue weighted by Crippen LogP contribution is 2.12. The molecule has 4 nitrogen and oxygen atoms in total. The monoisotopic (exact) mass is 222 g/mol. The van der Waals surface area contributed by atoms with Crippen LogP contribution in [0.3, 0.4) is 0 Å². The van der Waals surface area contributed by atoms with Gasteiger partial charge in [0.1, 0.15) is 0 Å². The number of nitrogens with zero attached hydrogens (tertiary/aromatic N) is 3. The standard InChI is InChI=1S/C10H14N4S/c1-2-3-10-13-9(7-15-10)6-14-5-8(11)4-12-14/h4-5,7H,2-3,6,11H2,1H3. The maximum Gasteiger partial charge on any atom is 0.0928 e. The summed E-state index contributed by atoms with van der Waals surface area (Å²) in [4.78, 5) is 4.52. The van der Waals surface area contributed by atoms with Crippen LogP contribution in [-0.4, -0.2) is 14.8 Å². The van der Waals surface area contributed by atoms with E-state index in [1.165, 1.54) is 5.01 Å². The molecule has 0 radical (unpaired) electrons. The van der Waals surface area contributed by atoms with Gasteiger partial charge in [-0.25, -0.2) is 4.98 Å². The minimum absolute atomic E-state index is 0.694. The molecule has 2 aromatic rings. The van der Waals surface area contributed by atoms with Gasteiger partial charge in [-0.2, -0.15) is 5.10 Å². The lowest BCUT2D eigenvalue weighted by molar-refractivity contribution is 0.673. The molecule has 0 atom stereocenters. The lowest BCUT2D eigenvalue weighted by atomic mass is 10.3. The fourth-order valence-electron chi connectivity index (χ4n) is 1.38. The molecule has 2 heterocycles. The van der Waals surface area contributed by atoms with Gasteiger partial charge in [-0.3, -0.25) is 4.68 Å².